The number of piperidine rings is 1. The van der Waals surface area contributed by atoms with E-state index in [0.717, 1.165) is 67.0 Å². The van der Waals surface area contributed by atoms with Gasteiger partial charge >= 0.3 is 0 Å². The van der Waals surface area contributed by atoms with E-state index in [4.69, 9.17) is 11.6 Å². The maximum atomic E-state index is 13.2. The minimum Gasteiger partial charge on any atom is -0.338 e. The Morgan fingerprint density at radius 2 is 1.97 bits per heavy atom. The van der Waals surface area contributed by atoms with Crippen molar-refractivity contribution < 1.29 is 4.79 Å². The molecule has 1 atom stereocenters. The number of nitrogens with zero attached hydrogens (tertiary/aromatic N) is 2. The average Bonchev–Trinajstić information content (AvgIpc) is 2.84. The Bertz CT molecular complexity index is 1100. The van der Waals surface area contributed by atoms with Gasteiger partial charge in [-0.15, -0.1) is 0 Å². The van der Waals surface area contributed by atoms with E-state index in [-0.39, 0.29) is 5.91 Å². The van der Waals surface area contributed by atoms with Crippen LogP contribution in [-0.2, 0) is 19.4 Å². The first-order valence-corrected chi connectivity index (χ1v) is 12.2. The summed E-state index contributed by atoms with van der Waals surface area (Å²) in [5, 5.41) is 3.90. The van der Waals surface area contributed by atoms with Crippen molar-refractivity contribution in [1.29, 1.82) is 0 Å². The number of rotatable bonds is 7. The third-order valence-corrected chi connectivity index (χ3v) is 6.80. The van der Waals surface area contributed by atoms with Gasteiger partial charge in [0.1, 0.15) is 0 Å². The molecule has 1 amide bonds. The lowest BCUT2D eigenvalue weighted by atomic mass is 9.87. The van der Waals surface area contributed by atoms with Gasteiger partial charge in [-0.3, -0.25) is 9.78 Å². The van der Waals surface area contributed by atoms with Gasteiger partial charge in [0.05, 0.1) is 0 Å². The zero-order chi connectivity index (χ0) is 23.2. The molecule has 0 radical (unpaired) electrons. The van der Waals surface area contributed by atoms with E-state index < -0.39 is 0 Å². The average molecular weight is 462 g/mol. The number of hydrogen-bond donors (Lipinski definition) is 1. The van der Waals surface area contributed by atoms with E-state index in [1.807, 2.05) is 60.7 Å². The highest BCUT2D eigenvalue weighted by Gasteiger charge is 2.26. The van der Waals surface area contributed by atoms with Crippen molar-refractivity contribution in [3.63, 3.8) is 0 Å². The molecule has 3 aromatic rings. The second kappa shape index (κ2) is 11.0. The third-order valence-electron chi connectivity index (χ3n) is 6.49. The lowest BCUT2D eigenvalue weighted by Crippen LogP contribution is -2.40. The van der Waals surface area contributed by atoms with Gasteiger partial charge < -0.3 is 10.2 Å². The first-order valence-electron chi connectivity index (χ1n) is 11.8. The Morgan fingerprint density at radius 3 is 2.73 bits per heavy atom. The van der Waals surface area contributed by atoms with Crippen molar-refractivity contribution in [3.05, 3.63) is 88.2 Å². The van der Waals surface area contributed by atoms with E-state index >= 15 is 0 Å². The zero-order valence-corrected chi connectivity index (χ0v) is 20.2. The molecule has 2 aromatic carbocycles. The molecule has 1 unspecified atom stereocenters. The molecular formula is C28H32ClN3O. The molecule has 1 fully saturated rings. The van der Waals surface area contributed by atoms with Crippen LogP contribution < -0.4 is 5.32 Å². The van der Waals surface area contributed by atoms with Gasteiger partial charge in [0.25, 0.3) is 5.91 Å². The molecule has 0 aliphatic carbocycles. The predicted octanol–water partition coefficient (Wildman–Crippen LogP) is 5.78. The SMILES string of the molecule is CCc1cncc(-c2c(Cl)cccc2CC2CCCN(C(=O)c3ccc(CNC)cc3)C2)c1. The van der Waals surface area contributed by atoms with Crippen LogP contribution in [0.25, 0.3) is 11.1 Å². The maximum absolute atomic E-state index is 13.2. The molecule has 5 heteroatoms. The molecule has 1 N–H and O–H groups in total. The van der Waals surface area contributed by atoms with Gasteiger partial charge in [0.2, 0.25) is 0 Å². The summed E-state index contributed by atoms with van der Waals surface area (Å²) in [5.74, 6) is 0.535. The number of aromatic nitrogens is 1. The number of carbonyl (C=O) groups excluding carboxylic acids is 1. The second-order valence-corrected chi connectivity index (χ2v) is 9.31. The van der Waals surface area contributed by atoms with Crippen LogP contribution >= 0.6 is 11.6 Å². The summed E-state index contributed by atoms with van der Waals surface area (Å²) < 4.78 is 0. The summed E-state index contributed by atoms with van der Waals surface area (Å²) in [5.41, 5.74) is 6.52. The van der Waals surface area contributed by atoms with Crippen molar-refractivity contribution in [2.24, 2.45) is 5.92 Å². The van der Waals surface area contributed by atoms with Crippen LogP contribution in [0.15, 0.2) is 60.9 Å². The summed E-state index contributed by atoms with van der Waals surface area (Å²) >= 11 is 6.67. The smallest absolute Gasteiger partial charge is 0.253 e. The molecule has 1 aliphatic rings. The summed E-state index contributed by atoms with van der Waals surface area (Å²) in [4.78, 5) is 19.6. The predicted molar refractivity (Wildman–Crippen MR) is 136 cm³/mol. The van der Waals surface area contributed by atoms with Crippen LogP contribution in [0.1, 0.15) is 46.8 Å². The Hall–Kier alpha value is -2.69. The highest BCUT2D eigenvalue weighted by Crippen LogP contribution is 2.34. The molecule has 0 spiro atoms. The topological polar surface area (TPSA) is 45.2 Å². The fraction of sp³-hybridized carbons (Fsp3) is 0.357. The number of halogens is 1. The monoisotopic (exact) mass is 461 g/mol. The Labute approximate surface area is 202 Å². The normalized spacial score (nSPS) is 16.1. The van der Waals surface area contributed by atoms with Crippen LogP contribution in [0.2, 0.25) is 5.02 Å². The number of likely N-dealkylation sites (tertiary alicyclic amines) is 1. The second-order valence-electron chi connectivity index (χ2n) is 8.90. The summed E-state index contributed by atoms with van der Waals surface area (Å²) in [6.07, 6.45) is 7.79. The summed E-state index contributed by atoms with van der Waals surface area (Å²) in [6, 6.07) is 16.3. The van der Waals surface area contributed by atoms with Crippen molar-refractivity contribution in [3.8, 4) is 11.1 Å². The van der Waals surface area contributed by atoms with Gasteiger partial charge in [-0.1, -0.05) is 42.8 Å². The molecule has 0 bridgehead atoms. The Kier molecular flexibility index (Phi) is 7.79. The lowest BCUT2D eigenvalue weighted by Gasteiger charge is -2.33. The summed E-state index contributed by atoms with van der Waals surface area (Å²) in [6.45, 7) is 4.53. The fourth-order valence-electron chi connectivity index (χ4n) is 4.76. The number of amides is 1. The van der Waals surface area contributed by atoms with E-state index in [0.29, 0.717) is 5.92 Å². The molecule has 172 valence electrons. The number of pyridine rings is 1. The first kappa shape index (κ1) is 23.5. The van der Waals surface area contributed by atoms with Gasteiger partial charge in [-0.25, -0.2) is 0 Å². The van der Waals surface area contributed by atoms with E-state index in [2.05, 4.69) is 29.4 Å². The molecule has 1 aromatic heterocycles. The lowest BCUT2D eigenvalue weighted by molar-refractivity contribution is 0.0673. The largest absolute Gasteiger partial charge is 0.338 e. The maximum Gasteiger partial charge on any atom is 0.253 e. The van der Waals surface area contributed by atoms with Crippen LogP contribution in [0.5, 0.6) is 0 Å². The van der Waals surface area contributed by atoms with Crippen molar-refractivity contribution in [2.75, 3.05) is 20.1 Å². The number of hydrogen-bond acceptors (Lipinski definition) is 3. The van der Waals surface area contributed by atoms with E-state index in [1.54, 1.807) is 0 Å². The highest BCUT2D eigenvalue weighted by atomic mass is 35.5. The Balaban J connectivity index is 1.51. The van der Waals surface area contributed by atoms with E-state index in [1.165, 1.54) is 16.7 Å². The van der Waals surface area contributed by atoms with Gasteiger partial charge in [-0.05, 0) is 79.6 Å². The standard InChI is InChI=1S/C28H32ClN3O/c1-3-20-14-25(18-31-17-20)27-24(7-4-8-26(27)29)15-22-6-5-13-32(19-22)28(33)23-11-9-21(10-12-23)16-30-2/h4,7-12,14,17-18,22,30H,3,5-6,13,15-16,19H2,1-2H3. The molecule has 4 nitrogen and oxygen atoms in total. The summed E-state index contributed by atoms with van der Waals surface area (Å²) in [7, 11) is 1.93. The van der Waals surface area contributed by atoms with Crippen LogP contribution in [-0.4, -0.2) is 35.9 Å². The number of benzene rings is 2. The molecule has 2 heterocycles. The minimum absolute atomic E-state index is 0.127. The molecule has 0 saturated carbocycles. The quantitative estimate of drug-likeness (QED) is 0.485. The van der Waals surface area contributed by atoms with Crippen molar-refractivity contribution in [2.45, 2.75) is 39.2 Å². The van der Waals surface area contributed by atoms with Crippen LogP contribution in [0.3, 0.4) is 0 Å². The van der Waals surface area contributed by atoms with Crippen molar-refractivity contribution in [1.82, 2.24) is 15.2 Å². The fourth-order valence-corrected chi connectivity index (χ4v) is 5.06. The Morgan fingerprint density at radius 1 is 1.15 bits per heavy atom. The molecule has 33 heavy (non-hydrogen) atoms. The minimum atomic E-state index is 0.127. The van der Waals surface area contributed by atoms with Crippen molar-refractivity contribution >= 4 is 17.5 Å². The number of nitrogens with one attached hydrogen (secondary N) is 1. The van der Waals surface area contributed by atoms with Gasteiger partial charge in [0, 0.05) is 53.7 Å². The van der Waals surface area contributed by atoms with Crippen LogP contribution in [0, 0.1) is 5.92 Å². The van der Waals surface area contributed by atoms with E-state index in [9.17, 15) is 4.79 Å². The highest BCUT2D eigenvalue weighted by molar-refractivity contribution is 6.33. The molecule has 4 rings (SSSR count). The first-order chi connectivity index (χ1) is 16.1. The molecular weight excluding hydrogens is 430 g/mol. The number of aryl methyl sites for hydroxylation is 1. The zero-order valence-electron chi connectivity index (χ0n) is 19.5. The third kappa shape index (κ3) is 5.63. The molecule has 1 saturated heterocycles. The molecule has 1 aliphatic heterocycles. The van der Waals surface area contributed by atoms with Gasteiger partial charge in [-0.2, -0.15) is 0 Å². The van der Waals surface area contributed by atoms with Gasteiger partial charge in [0.15, 0.2) is 0 Å². The van der Waals surface area contributed by atoms with Crippen LogP contribution in [0.4, 0.5) is 0 Å². The number of carbonyl (C=O) groups is 1.